The van der Waals surface area contributed by atoms with E-state index in [-0.39, 0.29) is 63.0 Å². The second kappa shape index (κ2) is 9.69. The summed E-state index contributed by atoms with van der Waals surface area (Å²) in [5.74, 6) is -8.53. The molecule has 2 saturated carbocycles. The molecule has 2 aliphatic carbocycles. The van der Waals surface area contributed by atoms with E-state index in [9.17, 15) is 27.2 Å². The third kappa shape index (κ3) is 5.01. The fraction of sp³-hybridized carbons (Fsp3) is 0.593. The van der Waals surface area contributed by atoms with Crippen LogP contribution >= 0.6 is 0 Å². The Morgan fingerprint density at radius 2 is 1.88 bits per heavy atom. The summed E-state index contributed by atoms with van der Waals surface area (Å²) >= 11 is 0. The number of fused-ring (bicyclic) bond motifs is 2. The summed E-state index contributed by atoms with van der Waals surface area (Å²) in [6, 6.07) is 2.78. The topological polar surface area (TPSA) is 123 Å². The normalized spacial score (nSPS) is 24.7. The second-order valence-electron chi connectivity index (χ2n) is 11.8. The number of nitrogens with zero attached hydrogens (tertiary/aromatic N) is 6. The molecule has 41 heavy (non-hydrogen) atoms. The van der Waals surface area contributed by atoms with Gasteiger partial charge in [0.05, 0.1) is 35.6 Å². The van der Waals surface area contributed by atoms with Gasteiger partial charge in [0, 0.05) is 44.4 Å². The highest BCUT2D eigenvalue weighted by Gasteiger charge is 2.69. The van der Waals surface area contributed by atoms with E-state index in [0.717, 1.165) is 0 Å². The number of carbonyl (C=O) groups excluding carboxylic acids is 2. The number of imidazole rings is 1. The Hall–Kier alpha value is -3.71. The molecule has 3 aromatic heterocycles. The molecule has 3 aromatic rings. The Balaban J connectivity index is 1.32. The number of carbonyl (C=O) groups is 2. The first-order valence-electron chi connectivity index (χ1n) is 13.9. The van der Waals surface area contributed by atoms with Crippen molar-refractivity contribution in [1.29, 1.82) is 0 Å². The van der Waals surface area contributed by atoms with Crippen LogP contribution in [0.4, 0.5) is 22.4 Å². The predicted octanol–water partition coefficient (Wildman–Crippen LogP) is 3.97. The van der Waals surface area contributed by atoms with Crippen molar-refractivity contribution in [2.75, 3.05) is 13.1 Å². The number of rotatable bonds is 7. The summed E-state index contributed by atoms with van der Waals surface area (Å²) in [5.41, 5.74) is 7.98. The number of urea groups is 1. The third-order valence-corrected chi connectivity index (χ3v) is 8.68. The van der Waals surface area contributed by atoms with Crippen LogP contribution in [-0.4, -0.2) is 66.2 Å². The molecule has 3 N–H and O–H groups in total. The number of nitrogens with two attached hydrogens (primary N) is 1. The molecule has 0 radical (unpaired) electrons. The minimum absolute atomic E-state index is 0.0492. The van der Waals surface area contributed by atoms with Crippen LogP contribution < -0.4 is 11.1 Å². The molecular weight excluding hydrogens is 544 g/mol. The Kier molecular flexibility index (Phi) is 6.49. The molecule has 0 unspecified atom stereocenters. The van der Waals surface area contributed by atoms with Crippen LogP contribution in [0.15, 0.2) is 24.5 Å². The van der Waals surface area contributed by atoms with Crippen molar-refractivity contribution in [2.45, 2.75) is 69.9 Å². The van der Waals surface area contributed by atoms with Gasteiger partial charge in [0.2, 0.25) is 5.92 Å². The third-order valence-electron chi connectivity index (χ3n) is 8.68. The molecule has 3 fully saturated rings. The maximum absolute atomic E-state index is 14.1. The maximum Gasteiger partial charge on any atom is 0.317 e. The standard InChI is InChI=1S/C27H32F4N8O2/c1-14(2)39-21(24(32)40)8-19(36-39)23(16-3-5-26(28,29)6-4-16)20-13-38-22(35-20)7-15(9-34-38)11-37-12-18-17(27(18,30)31)10-33-25(37)41/h7-9,13-14,16-18,23H,3-6,10-12H2,1-2H3,(H2,32,40)(H,33,41)/t17-,18+,23+/m0/s1. The van der Waals surface area contributed by atoms with Crippen LogP contribution in [0.25, 0.3) is 5.65 Å². The van der Waals surface area contributed by atoms with Crippen LogP contribution in [0.3, 0.4) is 0 Å². The van der Waals surface area contributed by atoms with Crippen LogP contribution in [0.5, 0.6) is 0 Å². The van der Waals surface area contributed by atoms with Gasteiger partial charge in [0.1, 0.15) is 5.69 Å². The minimum Gasteiger partial charge on any atom is -0.364 e. The number of hydrogen-bond donors (Lipinski definition) is 2. The number of alkyl halides is 4. The summed E-state index contributed by atoms with van der Waals surface area (Å²) < 4.78 is 59.2. The zero-order valence-electron chi connectivity index (χ0n) is 22.7. The van der Waals surface area contributed by atoms with Gasteiger partial charge >= 0.3 is 6.03 Å². The Bertz CT molecular complexity index is 1490. The first kappa shape index (κ1) is 27.5. The van der Waals surface area contributed by atoms with Gasteiger partial charge in [-0.3, -0.25) is 9.48 Å². The summed E-state index contributed by atoms with van der Waals surface area (Å²) in [7, 11) is 0. The Morgan fingerprint density at radius 3 is 2.54 bits per heavy atom. The van der Waals surface area contributed by atoms with Gasteiger partial charge in [0.15, 0.2) is 5.65 Å². The van der Waals surface area contributed by atoms with Crippen molar-refractivity contribution in [3.63, 3.8) is 0 Å². The van der Waals surface area contributed by atoms with E-state index in [0.29, 0.717) is 22.6 Å². The molecular formula is C27H32F4N8O2. The highest BCUT2D eigenvalue weighted by molar-refractivity contribution is 5.91. The van der Waals surface area contributed by atoms with Crippen molar-refractivity contribution < 1.29 is 27.2 Å². The second-order valence-corrected chi connectivity index (χ2v) is 11.8. The van der Waals surface area contributed by atoms with Crippen molar-refractivity contribution in [1.82, 2.24) is 34.6 Å². The van der Waals surface area contributed by atoms with Gasteiger partial charge in [-0.05, 0) is 50.3 Å². The SMILES string of the molecule is CC(C)n1nc([C@H](c2cn3ncc(CN4C[C@@H]5[C@H](CNC4=O)C5(F)F)cc3n2)C2CCC(F)(F)CC2)cc1C(N)=O. The number of nitrogens with one attached hydrogen (secondary N) is 1. The molecule has 6 rings (SSSR count). The number of primary amides is 1. The van der Waals surface area contributed by atoms with Crippen molar-refractivity contribution in [3.8, 4) is 0 Å². The monoisotopic (exact) mass is 576 g/mol. The zero-order valence-corrected chi connectivity index (χ0v) is 22.7. The van der Waals surface area contributed by atoms with E-state index < -0.39 is 41.5 Å². The molecule has 0 bridgehead atoms. The molecule has 220 valence electrons. The smallest absolute Gasteiger partial charge is 0.317 e. The first-order valence-corrected chi connectivity index (χ1v) is 13.9. The van der Waals surface area contributed by atoms with Gasteiger partial charge in [-0.1, -0.05) is 0 Å². The molecule has 3 aliphatic rings. The average Bonchev–Trinajstić information content (AvgIpc) is 3.22. The highest BCUT2D eigenvalue weighted by atomic mass is 19.3. The number of halogens is 4. The zero-order chi connectivity index (χ0) is 29.3. The number of amides is 3. The lowest BCUT2D eigenvalue weighted by atomic mass is 9.76. The lowest BCUT2D eigenvalue weighted by molar-refractivity contribution is -0.0475. The maximum atomic E-state index is 14.1. The molecule has 0 aromatic carbocycles. The van der Waals surface area contributed by atoms with Crippen LogP contribution in [0.1, 0.15) is 78.9 Å². The fourth-order valence-corrected chi connectivity index (χ4v) is 6.32. The lowest BCUT2D eigenvalue weighted by Gasteiger charge is -2.32. The van der Waals surface area contributed by atoms with Gasteiger partial charge in [-0.2, -0.15) is 10.2 Å². The van der Waals surface area contributed by atoms with Crippen LogP contribution in [-0.2, 0) is 6.54 Å². The van der Waals surface area contributed by atoms with Gasteiger partial charge < -0.3 is 16.0 Å². The quantitative estimate of drug-likeness (QED) is 0.412. The van der Waals surface area contributed by atoms with E-state index in [4.69, 9.17) is 10.7 Å². The fourth-order valence-electron chi connectivity index (χ4n) is 6.32. The summed E-state index contributed by atoms with van der Waals surface area (Å²) in [5, 5.41) is 11.7. The molecule has 4 heterocycles. The van der Waals surface area contributed by atoms with Crippen molar-refractivity contribution in [3.05, 3.63) is 47.2 Å². The molecule has 10 nitrogen and oxygen atoms in total. The Labute approximate surface area is 233 Å². The number of hydrogen-bond acceptors (Lipinski definition) is 5. The van der Waals surface area contributed by atoms with Gasteiger partial charge in [-0.25, -0.2) is 31.9 Å². The van der Waals surface area contributed by atoms with Crippen LogP contribution in [0, 0.1) is 17.8 Å². The molecule has 1 saturated heterocycles. The van der Waals surface area contributed by atoms with Crippen molar-refractivity contribution >= 4 is 17.6 Å². The van der Waals surface area contributed by atoms with Crippen molar-refractivity contribution in [2.24, 2.45) is 23.5 Å². The Morgan fingerprint density at radius 1 is 1.15 bits per heavy atom. The van der Waals surface area contributed by atoms with E-state index in [2.05, 4.69) is 15.5 Å². The molecule has 14 heteroatoms. The van der Waals surface area contributed by atoms with Gasteiger partial charge in [-0.15, -0.1) is 0 Å². The molecule has 1 aliphatic heterocycles. The van der Waals surface area contributed by atoms with E-state index in [1.165, 1.54) is 9.58 Å². The van der Waals surface area contributed by atoms with E-state index in [1.807, 2.05) is 13.8 Å². The summed E-state index contributed by atoms with van der Waals surface area (Å²) in [6.45, 7) is 3.71. The summed E-state index contributed by atoms with van der Waals surface area (Å²) in [6.07, 6.45) is 3.26. The molecule has 3 amide bonds. The minimum atomic E-state index is -2.78. The largest absolute Gasteiger partial charge is 0.364 e. The molecule has 0 spiro atoms. The van der Waals surface area contributed by atoms with Crippen LogP contribution in [0.2, 0.25) is 0 Å². The van der Waals surface area contributed by atoms with E-state index in [1.54, 1.807) is 29.0 Å². The highest BCUT2D eigenvalue weighted by Crippen LogP contribution is 2.56. The van der Waals surface area contributed by atoms with E-state index >= 15 is 0 Å². The average molecular weight is 577 g/mol. The van der Waals surface area contributed by atoms with Gasteiger partial charge in [0.25, 0.3) is 11.8 Å². The number of aromatic nitrogens is 5. The predicted molar refractivity (Wildman–Crippen MR) is 139 cm³/mol. The lowest BCUT2D eigenvalue weighted by Crippen LogP contribution is -2.40. The first-order chi connectivity index (χ1) is 19.3. The summed E-state index contributed by atoms with van der Waals surface area (Å²) in [4.78, 5) is 30.8. The molecule has 3 atom stereocenters.